The minimum Gasteiger partial charge on any atom is -0.508 e. The molecule has 2 N–H and O–H groups in total. The number of hydrogen-bond donors (Lipinski definition) is 2. The second-order valence-electron chi connectivity index (χ2n) is 7.34. The molecule has 2 aromatic carbocycles. The molecule has 6 nitrogen and oxygen atoms in total. The lowest BCUT2D eigenvalue weighted by Gasteiger charge is -2.31. The molecule has 0 radical (unpaired) electrons. The third kappa shape index (κ3) is 4.29. The first-order valence-corrected chi connectivity index (χ1v) is 10.7. The van der Waals surface area contributed by atoms with Crippen LogP contribution in [0.2, 0.25) is 0 Å². The lowest BCUT2D eigenvalue weighted by atomic mass is 9.88. The van der Waals surface area contributed by atoms with E-state index in [0.717, 1.165) is 10.6 Å². The summed E-state index contributed by atoms with van der Waals surface area (Å²) in [6.07, 6.45) is 1.69. The number of amides is 2. The molecule has 1 fully saturated rings. The smallest absolute Gasteiger partial charge is 0.253 e. The van der Waals surface area contributed by atoms with Crippen LogP contribution in [0.4, 0.5) is 5.69 Å². The van der Waals surface area contributed by atoms with E-state index in [-0.39, 0.29) is 29.3 Å². The molecule has 0 saturated carbocycles. The standard InChI is InChI=1S/C22H22N2O4S/c25-17-4-1-14(2-5-17)21(27)15-7-10-24(11-8-15)22(28)16-3-6-19-18(13-16)23-20(26)9-12-29-19/h1-6,13,15,25H,7-12H2,(H,23,26). The maximum absolute atomic E-state index is 12.9. The van der Waals surface area contributed by atoms with Crippen molar-refractivity contribution < 1.29 is 19.5 Å². The maximum Gasteiger partial charge on any atom is 0.253 e. The molecule has 29 heavy (non-hydrogen) atoms. The summed E-state index contributed by atoms with van der Waals surface area (Å²) in [6, 6.07) is 11.7. The molecule has 2 heterocycles. The number of nitrogens with one attached hydrogen (secondary N) is 1. The SMILES string of the molecule is O=C1CCSc2ccc(C(=O)N3CCC(C(=O)c4ccc(O)cc4)CC3)cc2N1. The minimum atomic E-state index is -0.119. The lowest BCUT2D eigenvalue weighted by molar-refractivity contribution is -0.115. The van der Waals surface area contributed by atoms with Crippen molar-refractivity contribution in [2.75, 3.05) is 24.2 Å². The van der Waals surface area contributed by atoms with Crippen LogP contribution >= 0.6 is 11.8 Å². The molecule has 2 aliphatic rings. The molecule has 0 spiro atoms. The van der Waals surface area contributed by atoms with E-state index in [9.17, 15) is 19.5 Å². The van der Waals surface area contributed by atoms with Gasteiger partial charge in [0.2, 0.25) is 5.91 Å². The van der Waals surface area contributed by atoms with Gasteiger partial charge in [-0.25, -0.2) is 0 Å². The molecule has 4 rings (SSSR count). The zero-order chi connectivity index (χ0) is 20.4. The van der Waals surface area contributed by atoms with Crippen molar-refractivity contribution in [3.05, 3.63) is 53.6 Å². The number of aromatic hydroxyl groups is 1. The Kier molecular flexibility index (Phi) is 5.58. The van der Waals surface area contributed by atoms with Crippen LogP contribution in [0.5, 0.6) is 5.75 Å². The van der Waals surface area contributed by atoms with Crippen LogP contribution in [-0.2, 0) is 4.79 Å². The third-order valence-corrected chi connectivity index (χ3v) is 6.47. The second-order valence-corrected chi connectivity index (χ2v) is 8.47. The summed E-state index contributed by atoms with van der Waals surface area (Å²) in [7, 11) is 0. The predicted octanol–water partition coefficient (Wildman–Crippen LogP) is 3.56. The highest BCUT2D eigenvalue weighted by atomic mass is 32.2. The quantitative estimate of drug-likeness (QED) is 0.756. The van der Waals surface area contributed by atoms with Gasteiger partial charge in [0, 0.05) is 47.2 Å². The van der Waals surface area contributed by atoms with Crippen LogP contribution in [-0.4, -0.2) is 46.4 Å². The summed E-state index contributed by atoms with van der Waals surface area (Å²) in [5, 5.41) is 12.2. The van der Waals surface area contributed by atoms with E-state index < -0.39 is 0 Å². The van der Waals surface area contributed by atoms with Crippen LogP contribution in [0.15, 0.2) is 47.4 Å². The summed E-state index contributed by atoms with van der Waals surface area (Å²) < 4.78 is 0. The van der Waals surface area contributed by atoms with Crippen LogP contribution in [0, 0.1) is 5.92 Å². The first kappa shape index (κ1) is 19.5. The number of thioether (sulfide) groups is 1. The van der Waals surface area contributed by atoms with E-state index in [1.807, 2.05) is 6.07 Å². The summed E-state index contributed by atoms with van der Waals surface area (Å²) in [5.74, 6) is 0.695. The van der Waals surface area contributed by atoms with Gasteiger partial charge in [-0.05, 0) is 55.3 Å². The van der Waals surface area contributed by atoms with Gasteiger partial charge >= 0.3 is 0 Å². The van der Waals surface area contributed by atoms with Crippen LogP contribution in [0.25, 0.3) is 0 Å². The fraction of sp³-hybridized carbons (Fsp3) is 0.318. The van der Waals surface area contributed by atoms with E-state index in [0.29, 0.717) is 49.2 Å². The number of phenols is 1. The number of carbonyl (C=O) groups is 3. The molecule has 0 atom stereocenters. The number of phenolic OH excluding ortho intramolecular Hbond substituents is 1. The molecular formula is C22H22N2O4S. The summed E-state index contributed by atoms with van der Waals surface area (Å²) >= 11 is 1.61. The number of benzene rings is 2. The molecular weight excluding hydrogens is 388 g/mol. The van der Waals surface area contributed by atoms with Gasteiger partial charge in [0.05, 0.1) is 5.69 Å². The topological polar surface area (TPSA) is 86.7 Å². The van der Waals surface area contributed by atoms with Gasteiger partial charge in [-0.1, -0.05) is 0 Å². The highest BCUT2D eigenvalue weighted by Gasteiger charge is 2.29. The molecule has 0 aliphatic carbocycles. The number of fused-ring (bicyclic) bond motifs is 1. The zero-order valence-electron chi connectivity index (χ0n) is 15.9. The molecule has 0 aromatic heterocycles. The zero-order valence-corrected chi connectivity index (χ0v) is 16.7. The van der Waals surface area contributed by atoms with Gasteiger partial charge in [-0.15, -0.1) is 11.8 Å². The molecule has 1 saturated heterocycles. The Labute approximate surface area is 173 Å². The van der Waals surface area contributed by atoms with E-state index in [2.05, 4.69) is 5.32 Å². The monoisotopic (exact) mass is 410 g/mol. The van der Waals surface area contributed by atoms with Gasteiger partial charge in [-0.3, -0.25) is 14.4 Å². The highest BCUT2D eigenvalue weighted by Crippen LogP contribution is 2.32. The van der Waals surface area contributed by atoms with Gasteiger partial charge in [-0.2, -0.15) is 0 Å². The lowest BCUT2D eigenvalue weighted by Crippen LogP contribution is -2.40. The van der Waals surface area contributed by atoms with Crippen LogP contribution in [0.3, 0.4) is 0 Å². The van der Waals surface area contributed by atoms with Crippen LogP contribution in [0.1, 0.15) is 40.0 Å². The van der Waals surface area contributed by atoms with Gasteiger partial charge in [0.25, 0.3) is 5.91 Å². The average Bonchev–Trinajstić information content (AvgIpc) is 2.93. The molecule has 0 unspecified atom stereocenters. The number of hydrogen-bond acceptors (Lipinski definition) is 5. The average molecular weight is 410 g/mol. The number of nitrogens with zero attached hydrogens (tertiary/aromatic N) is 1. The fourth-order valence-corrected chi connectivity index (χ4v) is 4.68. The Morgan fingerprint density at radius 3 is 2.45 bits per heavy atom. The summed E-state index contributed by atoms with van der Waals surface area (Å²) in [6.45, 7) is 1.04. The van der Waals surface area contributed by atoms with E-state index in [1.165, 1.54) is 12.1 Å². The Morgan fingerprint density at radius 2 is 1.72 bits per heavy atom. The summed E-state index contributed by atoms with van der Waals surface area (Å²) in [5.41, 5.74) is 1.84. The number of piperidine rings is 1. The normalized spacial score (nSPS) is 17.2. The van der Waals surface area contributed by atoms with Gasteiger partial charge in [0.1, 0.15) is 5.75 Å². The molecule has 2 aliphatic heterocycles. The number of ketones is 1. The minimum absolute atomic E-state index is 0.0330. The number of anilines is 1. The molecule has 2 aromatic rings. The van der Waals surface area contributed by atoms with Crippen molar-refractivity contribution in [3.8, 4) is 5.75 Å². The molecule has 0 bridgehead atoms. The Morgan fingerprint density at radius 1 is 1.03 bits per heavy atom. The molecule has 150 valence electrons. The van der Waals surface area contributed by atoms with Gasteiger partial charge in [0.15, 0.2) is 5.78 Å². The van der Waals surface area contributed by atoms with Crippen molar-refractivity contribution in [2.24, 2.45) is 5.92 Å². The van der Waals surface area contributed by atoms with Crippen molar-refractivity contribution in [1.29, 1.82) is 0 Å². The Bertz CT molecular complexity index is 950. The van der Waals surface area contributed by atoms with Crippen molar-refractivity contribution in [2.45, 2.75) is 24.2 Å². The first-order chi connectivity index (χ1) is 14.0. The van der Waals surface area contributed by atoms with Crippen molar-refractivity contribution in [1.82, 2.24) is 4.90 Å². The molecule has 2 amide bonds. The fourth-order valence-electron chi connectivity index (χ4n) is 3.74. The van der Waals surface area contributed by atoms with E-state index >= 15 is 0 Å². The summed E-state index contributed by atoms with van der Waals surface area (Å²) in [4.78, 5) is 40.1. The Balaban J connectivity index is 1.41. The number of likely N-dealkylation sites (tertiary alicyclic amines) is 1. The van der Waals surface area contributed by atoms with Crippen molar-refractivity contribution >= 4 is 35.0 Å². The Hall–Kier alpha value is -2.80. The predicted molar refractivity (Wildman–Crippen MR) is 111 cm³/mol. The van der Waals surface area contributed by atoms with Gasteiger partial charge < -0.3 is 15.3 Å². The second kappa shape index (κ2) is 8.29. The third-order valence-electron chi connectivity index (χ3n) is 5.39. The number of Topliss-reactive ketones (excluding diaryl/α,β-unsaturated/α-hetero) is 1. The van der Waals surface area contributed by atoms with E-state index in [4.69, 9.17) is 0 Å². The highest BCUT2D eigenvalue weighted by molar-refractivity contribution is 7.99. The first-order valence-electron chi connectivity index (χ1n) is 9.70. The molecule has 7 heteroatoms. The maximum atomic E-state index is 12.9. The van der Waals surface area contributed by atoms with Crippen LogP contribution < -0.4 is 5.32 Å². The van der Waals surface area contributed by atoms with Crippen molar-refractivity contribution in [3.63, 3.8) is 0 Å². The largest absolute Gasteiger partial charge is 0.508 e. The number of carbonyl (C=O) groups excluding carboxylic acids is 3. The van der Waals surface area contributed by atoms with E-state index in [1.54, 1.807) is 40.9 Å². The number of rotatable bonds is 3.